The van der Waals surface area contributed by atoms with Gasteiger partial charge in [-0.1, -0.05) is 24.3 Å². The molecule has 0 aliphatic heterocycles. The van der Waals surface area contributed by atoms with Crippen LogP contribution in [-0.2, 0) is 0 Å². The van der Waals surface area contributed by atoms with Gasteiger partial charge in [0.05, 0.1) is 12.1 Å². The Morgan fingerprint density at radius 1 is 1.05 bits per heavy atom. The summed E-state index contributed by atoms with van der Waals surface area (Å²) >= 11 is 0. The van der Waals surface area contributed by atoms with E-state index in [0.29, 0.717) is 5.56 Å². The van der Waals surface area contributed by atoms with Crippen LogP contribution < -0.4 is 5.32 Å². The van der Waals surface area contributed by atoms with Crippen molar-refractivity contribution < 1.29 is 14.6 Å². The maximum atomic E-state index is 13.0. The minimum atomic E-state index is -0.590. The molecule has 3 nitrogen and oxygen atoms in total. The third kappa shape index (κ3) is 3.08. The normalized spacial score (nSPS) is 13.8. The Kier molecular flexibility index (Phi) is 4.25. The summed E-state index contributed by atoms with van der Waals surface area (Å²) in [4.78, 5) is 0. The minimum absolute atomic E-state index is 0.0838. The van der Waals surface area contributed by atoms with Gasteiger partial charge in [0.25, 0.3) is 0 Å². The van der Waals surface area contributed by atoms with Gasteiger partial charge >= 0.3 is 0 Å². The highest BCUT2D eigenvalue weighted by Crippen LogP contribution is 2.30. The van der Waals surface area contributed by atoms with Crippen molar-refractivity contribution >= 4 is 5.69 Å². The number of rotatable bonds is 4. The van der Waals surface area contributed by atoms with E-state index in [4.69, 9.17) is 0 Å². The number of halogens is 1. The van der Waals surface area contributed by atoms with Gasteiger partial charge in [0.2, 0.25) is 0 Å². The van der Waals surface area contributed by atoms with E-state index in [1.165, 1.54) is 6.07 Å². The molecule has 0 heterocycles. The van der Waals surface area contributed by atoms with Gasteiger partial charge in [0, 0.05) is 22.9 Å². The summed E-state index contributed by atoms with van der Waals surface area (Å²) in [5, 5.41) is 22.8. The Bertz CT molecular complexity index is 599. The summed E-state index contributed by atoms with van der Waals surface area (Å²) in [7, 11) is 0. The SMILES string of the molecule is CC(O)c1ccccc1NC(C)c1ccc(F)cc1O. The van der Waals surface area contributed by atoms with E-state index in [2.05, 4.69) is 5.32 Å². The van der Waals surface area contributed by atoms with Crippen LogP contribution in [0.4, 0.5) is 10.1 Å². The Balaban J connectivity index is 2.26. The van der Waals surface area contributed by atoms with Gasteiger partial charge in [-0.2, -0.15) is 0 Å². The number of aromatic hydroxyl groups is 1. The average Bonchev–Trinajstić information content (AvgIpc) is 2.38. The first-order chi connectivity index (χ1) is 9.49. The van der Waals surface area contributed by atoms with Gasteiger partial charge in [-0.25, -0.2) is 4.39 Å². The molecular formula is C16H18FNO2. The van der Waals surface area contributed by atoms with Gasteiger partial charge in [-0.05, 0) is 26.0 Å². The molecule has 20 heavy (non-hydrogen) atoms. The number of aliphatic hydroxyl groups is 1. The van der Waals surface area contributed by atoms with Crippen LogP contribution in [0, 0.1) is 5.82 Å². The van der Waals surface area contributed by atoms with Crippen LogP contribution in [0.5, 0.6) is 5.75 Å². The second kappa shape index (κ2) is 5.92. The molecule has 0 saturated heterocycles. The summed E-state index contributed by atoms with van der Waals surface area (Å²) < 4.78 is 13.0. The van der Waals surface area contributed by atoms with Crippen LogP contribution in [0.3, 0.4) is 0 Å². The van der Waals surface area contributed by atoms with E-state index >= 15 is 0 Å². The van der Waals surface area contributed by atoms with Crippen molar-refractivity contribution in [1.29, 1.82) is 0 Å². The molecule has 4 heteroatoms. The van der Waals surface area contributed by atoms with E-state index in [0.717, 1.165) is 17.3 Å². The quantitative estimate of drug-likeness (QED) is 0.796. The van der Waals surface area contributed by atoms with E-state index in [9.17, 15) is 14.6 Å². The Morgan fingerprint density at radius 2 is 1.75 bits per heavy atom. The second-order valence-electron chi connectivity index (χ2n) is 4.83. The molecule has 0 radical (unpaired) electrons. The van der Waals surface area contributed by atoms with Crippen LogP contribution in [0.15, 0.2) is 42.5 Å². The monoisotopic (exact) mass is 275 g/mol. The fourth-order valence-electron chi connectivity index (χ4n) is 2.19. The lowest BCUT2D eigenvalue weighted by atomic mass is 10.0. The molecule has 2 atom stereocenters. The average molecular weight is 275 g/mol. The van der Waals surface area contributed by atoms with Crippen LogP contribution in [-0.4, -0.2) is 10.2 Å². The highest BCUT2D eigenvalue weighted by molar-refractivity contribution is 5.54. The smallest absolute Gasteiger partial charge is 0.126 e. The largest absolute Gasteiger partial charge is 0.507 e. The molecule has 3 N–H and O–H groups in total. The fraction of sp³-hybridized carbons (Fsp3) is 0.250. The van der Waals surface area contributed by atoms with Crippen LogP contribution in [0.2, 0.25) is 0 Å². The summed E-state index contributed by atoms with van der Waals surface area (Å²) in [6, 6.07) is 11.2. The lowest BCUT2D eigenvalue weighted by Crippen LogP contribution is -2.09. The fourth-order valence-corrected chi connectivity index (χ4v) is 2.19. The molecule has 0 saturated carbocycles. The topological polar surface area (TPSA) is 52.5 Å². The number of para-hydroxylation sites is 1. The van der Waals surface area contributed by atoms with Crippen molar-refractivity contribution in [3.8, 4) is 5.75 Å². The number of nitrogens with one attached hydrogen (secondary N) is 1. The van der Waals surface area contributed by atoms with E-state index in [1.807, 2.05) is 31.2 Å². The van der Waals surface area contributed by atoms with Crippen molar-refractivity contribution in [2.45, 2.75) is 26.0 Å². The van der Waals surface area contributed by atoms with Crippen LogP contribution >= 0.6 is 0 Å². The standard InChI is InChI=1S/C16H18FNO2/c1-10(13-8-7-12(17)9-16(13)20)18-15-6-4-3-5-14(15)11(2)19/h3-11,18-20H,1-2H3. The molecule has 106 valence electrons. The zero-order valence-electron chi connectivity index (χ0n) is 11.5. The third-order valence-electron chi connectivity index (χ3n) is 3.24. The summed E-state index contributed by atoms with van der Waals surface area (Å²) in [5.74, 6) is -0.553. The summed E-state index contributed by atoms with van der Waals surface area (Å²) in [6.07, 6.45) is -0.590. The van der Waals surface area contributed by atoms with Gasteiger partial charge in [-0.3, -0.25) is 0 Å². The Labute approximate surface area is 117 Å². The zero-order chi connectivity index (χ0) is 14.7. The predicted octanol–water partition coefficient (Wildman–Crippen LogP) is 3.76. The highest BCUT2D eigenvalue weighted by atomic mass is 19.1. The number of phenolic OH excluding ortho intramolecular Hbond substituents is 1. The minimum Gasteiger partial charge on any atom is -0.507 e. The zero-order valence-corrected chi connectivity index (χ0v) is 11.5. The molecule has 2 aromatic carbocycles. The van der Waals surface area contributed by atoms with E-state index in [1.54, 1.807) is 13.0 Å². The van der Waals surface area contributed by atoms with Crippen molar-refractivity contribution in [1.82, 2.24) is 0 Å². The lowest BCUT2D eigenvalue weighted by Gasteiger charge is -2.20. The molecule has 0 amide bonds. The number of hydrogen-bond acceptors (Lipinski definition) is 3. The van der Waals surface area contributed by atoms with Crippen LogP contribution in [0.25, 0.3) is 0 Å². The number of hydrogen-bond donors (Lipinski definition) is 3. The van der Waals surface area contributed by atoms with Gasteiger partial charge < -0.3 is 15.5 Å². The van der Waals surface area contributed by atoms with Gasteiger partial charge in [0.15, 0.2) is 0 Å². The molecule has 2 aromatic rings. The van der Waals surface area contributed by atoms with Crippen molar-refractivity contribution in [3.63, 3.8) is 0 Å². The van der Waals surface area contributed by atoms with E-state index in [-0.39, 0.29) is 11.8 Å². The highest BCUT2D eigenvalue weighted by Gasteiger charge is 2.14. The second-order valence-corrected chi connectivity index (χ2v) is 4.83. The molecule has 0 aliphatic carbocycles. The first kappa shape index (κ1) is 14.3. The molecule has 2 rings (SSSR count). The first-order valence-electron chi connectivity index (χ1n) is 6.51. The molecule has 2 unspecified atom stereocenters. The maximum Gasteiger partial charge on any atom is 0.126 e. The lowest BCUT2D eigenvalue weighted by molar-refractivity contribution is 0.200. The van der Waals surface area contributed by atoms with Crippen molar-refractivity contribution in [2.75, 3.05) is 5.32 Å². The Hall–Kier alpha value is -2.07. The molecule has 0 aromatic heterocycles. The van der Waals surface area contributed by atoms with Gasteiger partial charge in [-0.15, -0.1) is 0 Å². The summed E-state index contributed by atoms with van der Waals surface area (Å²) in [5.41, 5.74) is 2.17. The maximum absolute atomic E-state index is 13.0. The summed E-state index contributed by atoms with van der Waals surface area (Å²) in [6.45, 7) is 3.56. The van der Waals surface area contributed by atoms with Gasteiger partial charge in [0.1, 0.15) is 11.6 Å². The predicted molar refractivity (Wildman–Crippen MR) is 77.2 cm³/mol. The molecule has 0 bridgehead atoms. The van der Waals surface area contributed by atoms with Crippen LogP contribution in [0.1, 0.15) is 37.1 Å². The Morgan fingerprint density at radius 3 is 2.40 bits per heavy atom. The number of benzene rings is 2. The molecule has 0 aliphatic rings. The molecule has 0 fully saturated rings. The number of anilines is 1. The molecular weight excluding hydrogens is 257 g/mol. The number of phenols is 1. The van der Waals surface area contributed by atoms with E-state index < -0.39 is 11.9 Å². The molecule has 0 spiro atoms. The van der Waals surface area contributed by atoms with Crippen molar-refractivity contribution in [3.05, 3.63) is 59.4 Å². The first-order valence-corrected chi connectivity index (χ1v) is 6.51. The number of aliphatic hydroxyl groups excluding tert-OH is 1. The third-order valence-corrected chi connectivity index (χ3v) is 3.24. The van der Waals surface area contributed by atoms with Crippen molar-refractivity contribution in [2.24, 2.45) is 0 Å².